The van der Waals surface area contributed by atoms with Crippen LogP contribution in [-0.2, 0) is 0 Å². The van der Waals surface area contributed by atoms with E-state index in [1.807, 2.05) is 0 Å². The zero-order chi connectivity index (χ0) is 12.0. The van der Waals surface area contributed by atoms with Crippen molar-refractivity contribution in [2.45, 2.75) is 37.9 Å². The molecule has 16 heavy (non-hydrogen) atoms. The Labute approximate surface area is 94.8 Å². The van der Waals surface area contributed by atoms with E-state index in [1.165, 1.54) is 24.3 Å². The maximum Gasteiger partial charge on any atom is 0.162 e. The summed E-state index contributed by atoms with van der Waals surface area (Å²) in [5.41, 5.74) is 0. The van der Waals surface area contributed by atoms with Gasteiger partial charge < -0.3 is 20.4 Å². The molecule has 1 aliphatic rings. The van der Waals surface area contributed by atoms with E-state index in [9.17, 15) is 0 Å². The van der Waals surface area contributed by atoms with Crippen molar-refractivity contribution in [3.05, 3.63) is 24.3 Å². The van der Waals surface area contributed by atoms with E-state index in [4.69, 9.17) is 20.4 Å². The number of aromatic hydroxyl groups is 2. The van der Waals surface area contributed by atoms with Crippen LogP contribution >= 0.6 is 0 Å². The summed E-state index contributed by atoms with van der Waals surface area (Å²) in [6.07, 6.45) is 4.21. The summed E-state index contributed by atoms with van der Waals surface area (Å²) in [6.45, 7) is 0. The van der Waals surface area contributed by atoms with Crippen LogP contribution in [0.5, 0.6) is 11.5 Å². The zero-order valence-electron chi connectivity index (χ0n) is 9.13. The van der Waals surface area contributed by atoms with Gasteiger partial charge in [0.1, 0.15) is 11.5 Å². The summed E-state index contributed by atoms with van der Waals surface area (Å²) in [6, 6.07) is 5.70. The molecule has 0 bridgehead atoms. The Morgan fingerprint density at radius 3 is 1.38 bits per heavy atom. The minimum Gasteiger partial charge on any atom is -0.508 e. The van der Waals surface area contributed by atoms with Gasteiger partial charge in [-0.05, 0) is 37.1 Å². The van der Waals surface area contributed by atoms with Crippen molar-refractivity contribution in [3.8, 4) is 11.5 Å². The number of hydrogen-bond donors (Lipinski definition) is 4. The van der Waals surface area contributed by atoms with E-state index < -0.39 is 5.79 Å². The van der Waals surface area contributed by atoms with Gasteiger partial charge in [-0.1, -0.05) is 6.42 Å². The molecule has 0 atom stereocenters. The third-order valence-electron chi connectivity index (χ3n) is 2.50. The van der Waals surface area contributed by atoms with Crippen LogP contribution in [0.25, 0.3) is 0 Å². The van der Waals surface area contributed by atoms with Crippen LogP contribution in [0.3, 0.4) is 0 Å². The molecule has 1 fully saturated rings. The van der Waals surface area contributed by atoms with Crippen LogP contribution < -0.4 is 0 Å². The Hall–Kier alpha value is -1.26. The average Bonchev–Trinajstić information content (AvgIpc) is 2.23. The summed E-state index contributed by atoms with van der Waals surface area (Å²) >= 11 is 0. The van der Waals surface area contributed by atoms with Crippen molar-refractivity contribution in [1.82, 2.24) is 0 Å². The molecule has 0 amide bonds. The topological polar surface area (TPSA) is 80.9 Å². The highest BCUT2D eigenvalue weighted by Gasteiger charge is 2.24. The first-order valence-electron chi connectivity index (χ1n) is 5.42. The lowest BCUT2D eigenvalue weighted by atomic mass is 9.95. The molecule has 0 aliphatic heterocycles. The van der Waals surface area contributed by atoms with Gasteiger partial charge in [0, 0.05) is 12.8 Å². The van der Waals surface area contributed by atoms with E-state index in [-0.39, 0.29) is 11.5 Å². The molecule has 0 unspecified atom stereocenters. The van der Waals surface area contributed by atoms with E-state index in [0.717, 1.165) is 19.3 Å². The predicted octanol–water partition coefficient (Wildman–Crippen LogP) is 1.73. The van der Waals surface area contributed by atoms with Crippen molar-refractivity contribution in [2.75, 3.05) is 0 Å². The van der Waals surface area contributed by atoms with E-state index in [0.29, 0.717) is 12.8 Å². The minimum absolute atomic E-state index is 0.169. The van der Waals surface area contributed by atoms with Gasteiger partial charge in [0.25, 0.3) is 0 Å². The van der Waals surface area contributed by atoms with Crippen LogP contribution in [-0.4, -0.2) is 26.2 Å². The lowest BCUT2D eigenvalue weighted by molar-refractivity contribution is -0.180. The number of hydrogen-bond acceptors (Lipinski definition) is 4. The zero-order valence-corrected chi connectivity index (χ0v) is 9.13. The minimum atomic E-state index is -1.32. The quantitative estimate of drug-likeness (QED) is 0.401. The second-order valence-corrected chi connectivity index (χ2v) is 4.06. The third-order valence-corrected chi connectivity index (χ3v) is 2.50. The Morgan fingerprint density at radius 2 is 1.12 bits per heavy atom. The maximum atomic E-state index is 8.93. The standard InChI is InChI=1S/C6H6O2.C6H12O2/c7-5-1-2-6(8)4-3-5;7-6(8)4-2-1-3-5-6/h1-4,7-8H;7-8H,1-5H2. The smallest absolute Gasteiger partial charge is 0.162 e. The first-order valence-corrected chi connectivity index (χ1v) is 5.42. The SMILES string of the molecule is OC1(O)CCCCC1.Oc1ccc(O)cc1. The molecule has 0 aromatic heterocycles. The summed E-state index contributed by atoms with van der Waals surface area (Å²) in [5.74, 6) is -0.983. The monoisotopic (exact) mass is 226 g/mol. The van der Waals surface area contributed by atoms with Crippen LogP contribution in [0.4, 0.5) is 0 Å². The van der Waals surface area contributed by atoms with Crippen molar-refractivity contribution in [1.29, 1.82) is 0 Å². The highest BCUT2D eigenvalue weighted by Crippen LogP contribution is 2.24. The van der Waals surface area contributed by atoms with Gasteiger partial charge in [-0.3, -0.25) is 0 Å². The molecule has 1 aliphatic carbocycles. The fraction of sp³-hybridized carbons (Fsp3) is 0.500. The van der Waals surface area contributed by atoms with Gasteiger partial charge in [0.15, 0.2) is 5.79 Å². The van der Waals surface area contributed by atoms with E-state index in [1.54, 1.807) is 0 Å². The molecular formula is C12H18O4. The maximum absolute atomic E-state index is 8.93. The van der Waals surface area contributed by atoms with Crippen molar-refractivity contribution < 1.29 is 20.4 Å². The van der Waals surface area contributed by atoms with Gasteiger partial charge >= 0.3 is 0 Å². The Balaban J connectivity index is 0.000000160. The third kappa shape index (κ3) is 5.00. The first-order chi connectivity index (χ1) is 7.49. The molecule has 0 heterocycles. The fourth-order valence-electron chi connectivity index (χ4n) is 1.57. The molecule has 1 saturated carbocycles. The van der Waals surface area contributed by atoms with Gasteiger partial charge in [0.2, 0.25) is 0 Å². The van der Waals surface area contributed by atoms with E-state index in [2.05, 4.69) is 0 Å². The lowest BCUT2D eigenvalue weighted by Gasteiger charge is -2.25. The van der Waals surface area contributed by atoms with Crippen molar-refractivity contribution in [3.63, 3.8) is 0 Å². The first kappa shape index (κ1) is 12.8. The number of aliphatic hydroxyl groups is 2. The number of rotatable bonds is 0. The lowest BCUT2D eigenvalue weighted by Crippen LogP contribution is -2.30. The second kappa shape index (κ2) is 5.72. The summed E-state index contributed by atoms with van der Waals surface area (Å²) in [7, 11) is 0. The van der Waals surface area contributed by atoms with Crippen LogP contribution in [0.2, 0.25) is 0 Å². The molecule has 4 nitrogen and oxygen atoms in total. The molecule has 1 aromatic rings. The Morgan fingerprint density at radius 1 is 0.750 bits per heavy atom. The summed E-state index contributed by atoms with van der Waals surface area (Å²) in [4.78, 5) is 0. The van der Waals surface area contributed by atoms with Gasteiger partial charge in [-0.25, -0.2) is 0 Å². The summed E-state index contributed by atoms with van der Waals surface area (Å²) < 4.78 is 0. The molecule has 4 heteroatoms. The molecule has 2 rings (SSSR count). The fourth-order valence-corrected chi connectivity index (χ4v) is 1.57. The number of phenols is 2. The number of phenolic OH excluding ortho intramolecular Hbond substituents is 2. The number of benzene rings is 1. The highest BCUT2D eigenvalue weighted by atomic mass is 16.5. The van der Waals surface area contributed by atoms with Gasteiger partial charge in [0.05, 0.1) is 0 Å². The van der Waals surface area contributed by atoms with Crippen LogP contribution in [0.1, 0.15) is 32.1 Å². The normalized spacial score (nSPS) is 18.4. The van der Waals surface area contributed by atoms with E-state index >= 15 is 0 Å². The Kier molecular flexibility index (Phi) is 4.58. The van der Waals surface area contributed by atoms with Gasteiger partial charge in [-0.15, -0.1) is 0 Å². The molecule has 0 saturated heterocycles. The predicted molar refractivity (Wildman–Crippen MR) is 60.0 cm³/mol. The second-order valence-electron chi connectivity index (χ2n) is 4.06. The van der Waals surface area contributed by atoms with Crippen molar-refractivity contribution in [2.24, 2.45) is 0 Å². The molecular weight excluding hydrogens is 208 g/mol. The highest BCUT2D eigenvalue weighted by molar-refractivity contribution is 5.28. The van der Waals surface area contributed by atoms with Crippen LogP contribution in [0.15, 0.2) is 24.3 Å². The average molecular weight is 226 g/mol. The Bertz CT molecular complexity index is 276. The molecule has 0 spiro atoms. The summed E-state index contributed by atoms with van der Waals surface area (Å²) in [5, 5.41) is 35.2. The molecule has 90 valence electrons. The van der Waals surface area contributed by atoms with Crippen LogP contribution in [0, 0.1) is 0 Å². The molecule has 0 radical (unpaired) electrons. The molecule has 4 N–H and O–H groups in total. The van der Waals surface area contributed by atoms with Gasteiger partial charge in [-0.2, -0.15) is 0 Å². The van der Waals surface area contributed by atoms with Crippen molar-refractivity contribution >= 4 is 0 Å². The molecule has 1 aromatic carbocycles. The largest absolute Gasteiger partial charge is 0.508 e.